The Morgan fingerprint density at radius 3 is 3.38 bits per heavy atom. The van der Waals surface area contributed by atoms with Crippen LogP contribution in [0, 0.1) is 5.92 Å². The Bertz CT molecular complexity index is 88.5. The molecular weight excluding hydrogens is 100 g/mol. The summed E-state index contributed by atoms with van der Waals surface area (Å²) in [7, 11) is 0. The summed E-state index contributed by atoms with van der Waals surface area (Å²) < 4.78 is 0. The predicted molar refractivity (Wildman–Crippen MR) is 34.3 cm³/mol. The van der Waals surface area contributed by atoms with Gasteiger partial charge in [0.25, 0.3) is 0 Å². The van der Waals surface area contributed by atoms with E-state index in [4.69, 9.17) is 0 Å². The van der Waals surface area contributed by atoms with Gasteiger partial charge in [-0.05, 0) is 12.1 Å². The minimum atomic E-state index is 0.671. The molecule has 1 heterocycles. The fraction of sp³-hybridized carbons (Fsp3) is 0.667. The third-order valence-corrected chi connectivity index (χ3v) is 1.24. The molecule has 0 radical (unpaired) electrons. The number of rotatable bonds is 0. The van der Waals surface area contributed by atoms with Crippen LogP contribution in [0.5, 0.6) is 0 Å². The van der Waals surface area contributed by atoms with Crippen molar-refractivity contribution >= 4 is 0 Å². The Hall–Kier alpha value is -0.500. The maximum atomic E-state index is 3.22. The molecular formula is C6H12N2. The van der Waals surface area contributed by atoms with Crippen LogP contribution in [0.1, 0.15) is 6.92 Å². The van der Waals surface area contributed by atoms with Gasteiger partial charge in [0.05, 0.1) is 6.67 Å². The van der Waals surface area contributed by atoms with Crippen LogP contribution < -0.4 is 10.6 Å². The van der Waals surface area contributed by atoms with Crippen molar-refractivity contribution in [1.82, 2.24) is 10.6 Å². The molecule has 1 atom stereocenters. The van der Waals surface area contributed by atoms with Crippen LogP contribution in [0.25, 0.3) is 0 Å². The summed E-state index contributed by atoms with van der Waals surface area (Å²) in [5.41, 5.74) is 0. The van der Waals surface area contributed by atoms with Crippen molar-refractivity contribution in [1.29, 1.82) is 0 Å². The van der Waals surface area contributed by atoms with Gasteiger partial charge in [-0.2, -0.15) is 0 Å². The van der Waals surface area contributed by atoms with E-state index in [1.165, 1.54) is 0 Å². The quantitative estimate of drug-likeness (QED) is 0.470. The first-order valence-corrected chi connectivity index (χ1v) is 3.00. The largest absolute Gasteiger partial charge is 0.379 e. The Balaban J connectivity index is 2.33. The molecule has 2 N–H and O–H groups in total. The Labute approximate surface area is 50.0 Å². The normalized spacial score (nSPS) is 28.9. The average molecular weight is 112 g/mol. The molecule has 0 aromatic rings. The molecule has 0 aromatic heterocycles. The highest BCUT2D eigenvalue weighted by molar-refractivity contribution is 4.87. The maximum Gasteiger partial charge on any atom is 0.0648 e. The van der Waals surface area contributed by atoms with E-state index in [9.17, 15) is 0 Å². The summed E-state index contributed by atoms with van der Waals surface area (Å²) in [5.74, 6) is 0.671. The van der Waals surface area contributed by atoms with E-state index in [2.05, 4.69) is 23.6 Å². The average Bonchev–Trinajstić information content (AvgIpc) is 1.94. The third kappa shape index (κ3) is 1.54. The summed E-state index contributed by atoms with van der Waals surface area (Å²) in [6.07, 6.45) is 4.17. The van der Waals surface area contributed by atoms with Crippen LogP contribution in [0.2, 0.25) is 0 Å². The predicted octanol–water partition coefficient (Wildman–Crippen LogP) is 0.286. The van der Waals surface area contributed by atoms with Gasteiger partial charge in [0.15, 0.2) is 0 Å². The van der Waals surface area contributed by atoms with Gasteiger partial charge in [0.2, 0.25) is 0 Å². The molecule has 46 valence electrons. The minimum Gasteiger partial charge on any atom is -0.379 e. The highest BCUT2D eigenvalue weighted by Crippen LogP contribution is 1.94. The lowest BCUT2D eigenvalue weighted by molar-refractivity contribution is 0.600. The molecule has 1 aliphatic heterocycles. The van der Waals surface area contributed by atoms with Crippen molar-refractivity contribution in [3.05, 3.63) is 12.3 Å². The molecule has 0 spiro atoms. The molecule has 1 aliphatic rings. The number of hydrogen-bond acceptors (Lipinski definition) is 2. The number of hydrogen-bond donors (Lipinski definition) is 2. The van der Waals surface area contributed by atoms with E-state index >= 15 is 0 Å². The van der Waals surface area contributed by atoms with E-state index in [-0.39, 0.29) is 0 Å². The SMILES string of the molecule is C[C@H]1C=CNCNC1. The van der Waals surface area contributed by atoms with Gasteiger partial charge in [-0.25, -0.2) is 0 Å². The van der Waals surface area contributed by atoms with Crippen LogP contribution in [0.3, 0.4) is 0 Å². The van der Waals surface area contributed by atoms with E-state index in [0.29, 0.717) is 5.92 Å². The second-order valence-corrected chi connectivity index (χ2v) is 2.17. The first kappa shape index (κ1) is 5.63. The van der Waals surface area contributed by atoms with Crippen LogP contribution >= 0.6 is 0 Å². The Kier molecular flexibility index (Phi) is 1.92. The van der Waals surface area contributed by atoms with Gasteiger partial charge in [0.1, 0.15) is 0 Å². The zero-order valence-corrected chi connectivity index (χ0v) is 5.15. The third-order valence-electron chi connectivity index (χ3n) is 1.24. The lowest BCUT2D eigenvalue weighted by Crippen LogP contribution is -2.25. The lowest BCUT2D eigenvalue weighted by Gasteiger charge is -2.01. The molecule has 0 aliphatic carbocycles. The molecule has 0 saturated carbocycles. The van der Waals surface area contributed by atoms with Crippen molar-refractivity contribution in [3.8, 4) is 0 Å². The van der Waals surface area contributed by atoms with Gasteiger partial charge in [-0.3, -0.25) is 5.32 Å². The van der Waals surface area contributed by atoms with Gasteiger partial charge in [-0.15, -0.1) is 0 Å². The molecule has 0 unspecified atom stereocenters. The molecule has 2 heteroatoms. The molecule has 0 saturated heterocycles. The highest BCUT2D eigenvalue weighted by Gasteiger charge is 1.96. The fourth-order valence-corrected chi connectivity index (χ4v) is 0.731. The van der Waals surface area contributed by atoms with E-state index in [1.807, 2.05) is 6.20 Å². The summed E-state index contributed by atoms with van der Waals surface area (Å²) in [6.45, 7) is 4.18. The second kappa shape index (κ2) is 2.72. The molecule has 1 rings (SSSR count). The van der Waals surface area contributed by atoms with Crippen LogP contribution in [-0.4, -0.2) is 13.2 Å². The van der Waals surface area contributed by atoms with Gasteiger partial charge in [0, 0.05) is 6.54 Å². The molecule has 0 aromatic carbocycles. The van der Waals surface area contributed by atoms with Gasteiger partial charge in [-0.1, -0.05) is 13.0 Å². The lowest BCUT2D eigenvalue weighted by atomic mass is 10.2. The van der Waals surface area contributed by atoms with Crippen molar-refractivity contribution < 1.29 is 0 Å². The molecule has 0 fully saturated rings. The van der Waals surface area contributed by atoms with Crippen LogP contribution in [0.4, 0.5) is 0 Å². The smallest absolute Gasteiger partial charge is 0.0648 e. The number of nitrogens with one attached hydrogen (secondary N) is 2. The fourth-order valence-electron chi connectivity index (χ4n) is 0.731. The van der Waals surface area contributed by atoms with E-state index in [1.54, 1.807) is 0 Å². The zero-order valence-electron chi connectivity index (χ0n) is 5.15. The van der Waals surface area contributed by atoms with Crippen molar-refractivity contribution in [2.75, 3.05) is 13.2 Å². The first-order valence-electron chi connectivity index (χ1n) is 3.00. The molecule has 2 nitrogen and oxygen atoms in total. The maximum absolute atomic E-state index is 3.22. The topological polar surface area (TPSA) is 24.1 Å². The van der Waals surface area contributed by atoms with Crippen molar-refractivity contribution in [3.63, 3.8) is 0 Å². The summed E-state index contributed by atoms with van der Waals surface area (Å²) >= 11 is 0. The van der Waals surface area contributed by atoms with Crippen LogP contribution in [-0.2, 0) is 0 Å². The standard InChI is InChI=1S/C6H12N2/c1-6-2-3-7-5-8-4-6/h2-3,6-8H,4-5H2,1H3/t6-/m0/s1. The van der Waals surface area contributed by atoms with Crippen LogP contribution in [0.15, 0.2) is 12.3 Å². The minimum absolute atomic E-state index is 0.671. The Morgan fingerprint density at radius 1 is 1.62 bits per heavy atom. The first-order chi connectivity index (χ1) is 3.89. The van der Waals surface area contributed by atoms with Gasteiger partial charge < -0.3 is 5.32 Å². The monoisotopic (exact) mass is 112 g/mol. The summed E-state index contributed by atoms with van der Waals surface area (Å²) in [5, 5.41) is 6.31. The summed E-state index contributed by atoms with van der Waals surface area (Å²) in [4.78, 5) is 0. The molecule has 0 amide bonds. The Morgan fingerprint density at radius 2 is 2.50 bits per heavy atom. The second-order valence-electron chi connectivity index (χ2n) is 2.17. The van der Waals surface area contributed by atoms with Crippen molar-refractivity contribution in [2.24, 2.45) is 5.92 Å². The van der Waals surface area contributed by atoms with Gasteiger partial charge >= 0.3 is 0 Å². The summed E-state index contributed by atoms with van der Waals surface area (Å²) in [6, 6.07) is 0. The molecule has 0 bridgehead atoms. The van der Waals surface area contributed by atoms with Crippen molar-refractivity contribution in [2.45, 2.75) is 6.92 Å². The highest BCUT2D eigenvalue weighted by atomic mass is 15.0. The van der Waals surface area contributed by atoms with E-state index < -0.39 is 0 Å². The van der Waals surface area contributed by atoms with E-state index in [0.717, 1.165) is 13.2 Å². The molecule has 8 heavy (non-hydrogen) atoms. The zero-order chi connectivity index (χ0) is 5.82.